The van der Waals surface area contributed by atoms with Gasteiger partial charge in [0, 0.05) is 32.1 Å². The van der Waals surface area contributed by atoms with E-state index in [1.165, 1.54) is 0 Å². The highest BCUT2D eigenvalue weighted by molar-refractivity contribution is 5.81. The molecule has 2 unspecified atom stereocenters. The fourth-order valence-electron chi connectivity index (χ4n) is 3.18. The first-order chi connectivity index (χ1) is 11.2. The van der Waals surface area contributed by atoms with Gasteiger partial charge >= 0.3 is 0 Å². The summed E-state index contributed by atoms with van der Waals surface area (Å²) >= 11 is 0. The van der Waals surface area contributed by atoms with Crippen molar-refractivity contribution < 1.29 is 14.3 Å². The third kappa shape index (κ3) is 4.09. The molecule has 0 bridgehead atoms. The smallest absolute Gasteiger partial charge is 0.224 e. The molecule has 6 nitrogen and oxygen atoms in total. The van der Waals surface area contributed by atoms with E-state index >= 15 is 0 Å². The molecule has 2 heterocycles. The van der Waals surface area contributed by atoms with Crippen LogP contribution >= 0.6 is 0 Å². The normalized spacial score (nSPS) is 25.6. The van der Waals surface area contributed by atoms with Gasteiger partial charge in [0.2, 0.25) is 11.8 Å². The molecule has 2 fully saturated rings. The zero-order chi connectivity index (χ0) is 16.1. The van der Waals surface area contributed by atoms with Crippen molar-refractivity contribution in [3.63, 3.8) is 0 Å². The highest BCUT2D eigenvalue weighted by Gasteiger charge is 2.31. The average Bonchev–Trinajstić information content (AvgIpc) is 2.78. The Morgan fingerprint density at radius 1 is 1.26 bits per heavy atom. The molecule has 2 aliphatic heterocycles. The van der Waals surface area contributed by atoms with Gasteiger partial charge in [-0.05, 0) is 5.56 Å². The van der Waals surface area contributed by atoms with Crippen LogP contribution in [0.1, 0.15) is 24.4 Å². The summed E-state index contributed by atoms with van der Waals surface area (Å²) in [5.41, 5.74) is 1.01. The van der Waals surface area contributed by atoms with Crippen LogP contribution in [0.15, 0.2) is 30.3 Å². The summed E-state index contributed by atoms with van der Waals surface area (Å²) in [5, 5.41) is 6.17. The predicted octanol–water partition coefficient (Wildman–Crippen LogP) is 0.455. The van der Waals surface area contributed by atoms with Gasteiger partial charge in [0.1, 0.15) is 0 Å². The van der Waals surface area contributed by atoms with E-state index < -0.39 is 0 Å². The van der Waals surface area contributed by atoms with Crippen molar-refractivity contribution in [2.24, 2.45) is 0 Å². The number of amides is 2. The van der Waals surface area contributed by atoms with Gasteiger partial charge in [-0.15, -0.1) is 0 Å². The first-order valence-corrected chi connectivity index (χ1v) is 8.16. The largest absolute Gasteiger partial charge is 0.378 e. The van der Waals surface area contributed by atoms with E-state index in [0.717, 1.165) is 12.1 Å². The quantitative estimate of drug-likeness (QED) is 0.849. The van der Waals surface area contributed by atoms with Crippen molar-refractivity contribution in [3.05, 3.63) is 35.9 Å². The first-order valence-electron chi connectivity index (χ1n) is 8.16. The van der Waals surface area contributed by atoms with E-state index in [1.807, 2.05) is 35.2 Å². The fourth-order valence-corrected chi connectivity index (χ4v) is 3.18. The second-order valence-corrected chi connectivity index (χ2v) is 6.00. The first kappa shape index (κ1) is 16.0. The Labute approximate surface area is 136 Å². The molecule has 1 aromatic rings. The molecule has 2 amide bonds. The lowest BCUT2D eigenvalue weighted by Gasteiger charge is -2.32. The number of morpholine rings is 1. The summed E-state index contributed by atoms with van der Waals surface area (Å²) in [7, 11) is 0. The second-order valence-electron chi connectivity index (χ2n) is 6.00. The molecule has 3 rings (SSSR count). The molecular weight excluding hydrogens is 294 g/mol. The summed E-state index contributed by atoms with van der Waals surface area (Å²) < 4.78 is 5.42. The van der Waals surface area contributed by atoms with Crippen LogP contribution in [0, 0.1) is 0 Å². The van der Waals surface area contributed by atoms with E-state index in [-0.39, 0.29) is 23.9 Å². The van der Waals surface area contributed by atoms with E-state index in [1.54, 1.807) is 0 Å². The van der Waals surface area contributed by atoms with Crippen LogP contribution in [-0.2, 0) is 14.3 Å². The topological polar surface area (TPSA) is 70.7 Å². The Morgan fingerprint density at radius 3 is 2.83 bits per heavy atom. The maximum absolute atomic E-state index is 12.8. The summed E-state index contributed by atoms with van der Waals surface area (Å²) in [5.74, 6) is 0.0617. The number of hydrogen-bond acceptors (Lipinski definition) is 4. The van der Waals surface area contributed by atoms with E-state index in [9.17, 15) is 9.59 Å². The van der Waals surface area contributed by atoms with Crippen LogP contribution < -0.4 is 10.6 Å². The monoisotopic (exact) mass is 317 g/mol. The molecule has 23 heavy (non-hydrogen) atoms. The third-order valence-electron chi connectivity index (χ3n) is 4.35. The Bertz CT molecular complexity index is 543. The summed E-state index contributed by atoms with van der Waals surface area (Å²) in [6.07, 6.45) is 0.710. The highest BCUT2D eigenvalue weighted by Crippen LogP contribution is 2.26. The minimum absolute atomic E-state index is 0.00622. The van der Waals surface area contributed by atoms with Gasteiger partial charge in [-0.2, -0.15) is 0 Å². The number of nitrogens with one attached hydrogen (secondary N) is 2. The summed E-state index contributed by atoms with van der Waals surface area (Å²) in [4.78, 5) is 26.6. The minimum atomic E-state index is -0.198. The van der Waals surface area contributed by atoms with Crippen LogP contribution in [-0.4, -0.2) is 55.6 Å². The number of rotatable bonds is 3. The van der Waals surface area contributed by atoms with E-state index in [4.69, 9.17) is 4.74 Å². The second kappa shape index (κ2) is 7.57. The summed E-state index contributed by atoms with van der Waals surface area (Å²) in [6, 6.07) is 9.64. The Balaban J connectivity index is 1.75. The maximum atomic E-state index is 12.8. The number of carbonyl (C=O) groups excluding carboxylic acids is 2. The number of hydrogen-bond donors (Lipinski definition) is 2. The standard InChI is InChI=1S/C17H23N3O3/c21-16-11-15(13-4-2-1-3-5-13)20(8-6-19-16)17(22)10-14-12-23-9-7-18-14/h1-5,14-15,18H,6-12H2,(H,19,21). The van der Waals surface area contributed by atoms with Gasteiger partial charge in [-0.3, -0.25) is 9.59 Å². The van der Waals surface area contributed by atoms with Crippen molar-refractivity contribution in [1.29, 1.82) is 0 Å². The lowest BCUT2D eigenvalue weighted by atomic mass is 10.0. The zero-order valence-corrected chi connectivity index (χ0v) is 13.2. The Kier molecular flexibility index (Phi) is 5.25. The Hall–Kier alpha value is -1.92. The fraction of sp³-hybridized carbons (Fsp3) is 0.529. The van der Waals surface area contributed by atoms with Crippen LogP contribution in [0.5, 0.6) is 0 Å². The molecule has 0 radical (unpaired) electrons. The molecule has 2 aliphatic rings. The molecule has 124 valence electrons. The molecule has 6 heteroatoms. The van der Waals surface area contributed by atoms with E-state index in [0.29, 0.717) is 39.1 Å². The predicted molar refractivity (Wildman–Crippen MR) is 85.7 cm³/mol. The van der Waals surface area contributed by atoms with Crippen molar-refractivity contribution in [2.75, 3.05) is 32.8 Å². The lowest BCUT2D eigenvalue weighted by Crippen LogP contribution is -2.46. The van der Waals surface area contributed by atoms with Crippen molar-refractivity contribution in [2.45, 2.75) is 24.9 Å². The van der Waals surface area contributed by atoms with Crippen LogP contribution in [0.3, 0.4) is 0 Å². The average molecular weight is 317 g/mol. The van der Waals surface area contributed by atoms with Crippen molar-refractivity contribution >= 4 is 11.8 Å². The van der Waals surface area contributed by atoms with Gasteiger partial charge in [-0.1, -0.05) is 30.3 Å². The van der Waals surface area contributed by atoms with Gasteiger partial charge in [-0.25, -0.2) is 0 Å². The molecule has 0 aliphatic carbocycles. The SMILES string of the molecule is O=C1CC(c2ccccc2)N(C(=O)CC2COCCN2)CCN1. The maximum Gasteiger partial charge on any atom is 0.224 e. The van der Waals surface area contributed by atoms with Crippen LogP contribution in [0.4, 0.5) is 0 Å². The molecule has 2 atom stereocenters. The van der Waals surface area contributed by atoms with Crippen LogP contribution in [0.2, 0.25) is 0 Å². The number of carbonyl (C=O) groups is 2. The highest BCUT2D eigenvalue weighted by atomic mass is 16.5. The molecule has 2 N–H and O–H groups in total. The summed E-state index contributed by atoms with van der Waals surface area (Å²) in [6.45, 7) is 3.08. The van der Waals surface area contributed by atoms with Crippen LogP contribution in [0.25, 0.3) is 0 Å². The van der Waals surface area contributed by atoms with Gasteiger partial charge in [0.05, 0.1) is 25.7 Å². The Morgan fingerprint density at radius 2 is 2.09 bits per heavy atom. The minimum Gasteiger partial charge on any atom is -0.378 e. The van der Waals surface area contributed by atoms with Gasteiger partial charge < -0.3 is 20.3 Å². The van der Waals surface area contributed by atoms with Crippen molar-refractivity contribution in [3.8, 4) is 0 Å². The molecule has 0 spiro atoms. The lowest BCUT2D eigenvalue weighted by molar-refractivity contribution is -0.135. The van der Waals surface area contributed by atoms with E-state index in [2.05, 4.69) is 10.6 Å². The molecule has 1 aromatic carbocycles. The zero-order valence-electron chi connectivity index (χ0n) is 13.2. The van der Waals surface area contributed by atoms with Gasteiger partial charge in [0.15, 0.2) is 0 Å². The number of nitrogens with zero attached hydrogens (tertiary/aromatic N) is 1. The van der Waals surface area contributed by atoms with Gasteiger partial charge in [0.25, 0.3) is 0 Å². The van der Waals surface area contributed by atoms with Crippen molar-refractivity contribution in [1.82, 2.24) is 15.5 Å². The molecule has 2 saturated heterocycles. The molecular formula is C17H23N3O3. The molecule has 0 aromatic heterocycles. The third-order valence-corrected chi connectivity index (χ3v) is 4.35. The number of benzene rings is 1. The number of ether oxygens (including phenoxy) is 1. The molecule has 0 saturated carbocycles.